The lowest BCUT2D eigenvalue weighted by atomic mass is 10.0. The first kappa shape index (κ1) is 21.1. The third-order valence-electron chi connectivity index (χ3n) is 4.55. The molecule has 0 spiro atoms. The van der Waals surface area contributed by atoms with E-state index in [-0.39, 0.29) is 10.8 Å². The average Bonchev–Trinajstić information content (AvgIpc) is 2.61. The van der Waals surface area contributed by atoms with Gasteiger partial charge in [-0.25, -0.2) is 12.7 Å². The Hall–Kier alpha value is -2.18. The Morgan fingerprint density at radius 1 is 1.07 bits per heavy atom. The summed E-state index contributed by atoms with van der Waals surface area (Å²) in [5.74, 6) is 0.349. The molecule has 2 rings (SSSR count). The highest BCUT2D eigenvalue weighted by Gasteiger charge is 2.18. The van der Waals surface area contributed by atoms with E-state index in [1.807, 2.05) is 6.92 Å². The predicted molar refractivity (Wildman–Crippen MR) is 110 cm³/mol. The smallest absolute Gasteiger partial charge is 0.242 e. The zero-order valence-electron chi connectivity index (χ0n) is 16.6. The van der Waals surface area contributed by atoms with E-state index in [1.54, 1.807) is 12.1 Å². The van der Waals surface area contributed by atoms with Gasteiger partial charge in [0.15, 0.2) is 0 Å². The summed E-state index contributed by atoms with van der Waals surface area (Å²) in [5, 5.41) is 2.84. The average molecular weight is 389 g/mol. The molecule has 2 aromatic carbocycles. The maximum atomic E-state index is 12.3. The van der Waals surface area contributed by atoms with E-state index in [1.165, 1.54) is 25.7 Å². The number of benzene rings is 2. The number of sulfonamides is 1. The van der Waals surface area contributed by atoms with E-state index in [2.05, 4.69) is 43.4 Å². The highest BCUT2D eigenvalue weighted by atomic mass is 32.2. The molecule has 2 aromatic rings. The fourth-order valence-corrected chi connectivity index (χ4v) is 3.58. The fourth-order valence-electron chi connectivity index (χ4n) is 2.65. The normalized spacial score (nSPS) is 11.8. The molecule has 0 unspecified atom stereocenters. The van der Waals surface area contributed by atoms with Crippen LogP contribution < -0.4 is 5.32 Å². The molecule has 0 radical (unpaired) electrons. The second-order valence-electron chi connectivity index (χ2n) is 7.21. The summed E-state index contributed by atoms with van der Waals surface area (Å²) in [6.07, 6.45) is 0.976. The fraction of sp³-hybridized carbons (Fsp3) is 0.381. The highest BCUT2D eigenvalue weighted by Crippen LogP contribution is 2.22. The van der Waals surface area contributed by atoms with Gasteiger partial charge >= 0.3 is 0 Å². The zero-order valence-corrected chi connectivity index (χ0v) is 17.4. The topological polar surface area (TPSA) is 66.5 Å². The molecular formula is C21H28N2O3S. The second-order valence-corrected chi connectivity index (χ2v) is 9.36. The zero-order chi connectivity index (χ0) is 20.2. The molecule has 146 valence electrons. The highest BCUT2D eigenvalue weighted by molar-refractivity contribution is 7.89. The third kappa shape index (κ3) is 5.40. The van der Waals surface area contributed by atoms with Gasteiger partial charge in [0.1, 0.15) is 0 Å². The summed E-state index contributed by atoms with van der Waals surface area (Å²) >= 11 is 0. The number of carbonyl (C=O) groups is 1. The minimum absolute atomic E-state index is 0.134. The summed E-state index contributed by atoms with van der Waals surface area (Å²) < 4.78 is 25.7. The van der Waals surface area contributed by atoms with Crippen LogP contribution >= 0.6 is 0 Å². The largest absolute Gasteiger partial charge is 0.326 e. The Morgan fingerprint density at radius 3 is 2.26 bits per heavy atom. The van der Waals surface area contributed by atoms with Crippen LogP contribution in [0.4, 0.5) is 5.69 Å². The second kappa shape index (κ2) is 8.67. The molecule has 1 N–H and O–H groups in total. The Kier molecular flexibility index (Phi) is 6.78. The molecule has 0 aliphatic rings. The number of amides is 1. The monoisotopic (exact) mass is 388 g/mol. The van der Waals surface area contributed by atoms with Crippen LogP contribution in [0.2, 0.25) is 0 Å². The van der Waals surface area contributed by atoms with Crippen LogP contribution in [0.25, 0.3) is 0 Å². The summed E-state index contributed by atoms with van der Waals surface area (Å²) in [7, 11) is -0.568. The van der Waals surface area contributed by atoms with Gasteiger partial charge in [-0.1, -0.05) is 44.2 Å². The van der Waals surface area contributed by atoms with Crippen molar-refractivity contribution in [1.29, 1.82) is 0 Å². The van der Waals surface area contributed by atoms with Crippen LogP contribution in [0, 0.1) is 6.92 Å². The summed E-state index contributed by atoms with van der Waals surface area (Å²) in [5.41, 5.74) is 3.73. The lowest BCUT2D eigenvalue weighted by Crippen LogP contribution is -2.22. The predicted octanol–water partition coefficient (Wildman–Crippen LogP) is 3.94. The number of aryl methyl sites for hydroxylation is 2. The van der Waals surface area contributed by atoms with E-state index in [9.17, 15) is 13.2 Å². The molecule has 0 saturated carbocycles. The SMILES string of the molecule is Cc1ccc(S(=O)(=O)N(C)C)cc1NC(=O)CCc1ccc(C(C)C)cc1. The molecule has 0 heterocycles. The summed E-state index contributed by atoms with van der Waals surface area (Å²) in [6, 6.07) is 13.1. The molecule has 0 bridgehead atoms. The van der Waals surface area contributed by atoms with Gasteiger partial charge < -0.3 is 5.32 Å². The number of hydrogen-bond acceptors (Lipinski definition) is 3. The first-order valence-corrected chi connectivity index (χ1v) is 10.5. The van der Waals surface area contributed by atoms with Crippen LogP contribution in [0.1, 0.15) is 42.9 Å². The number of hydrogen-bond donors (Lipinski definition) is 1. The van der Waals surface area contributed by atoms with Crippen molar-refractivity contribution >= 4 is 21.6 Å². The van der Waals surface area contributed by atoms with Crippen molar-refractivity contribution < 1.29 is 13.2 Å². The van der Waals surface area contributed by atoms with Gasteiger partial charge in [0.2, 0.25) is 15.9 Å². The van der Waals surface area contributed by atoms with Crippen LogP contribution in [0.5, 0.6) is 0 Å². The Morgan fingerprint density at radius 2 is 1.70 bits per heavy atom. The summed E-state index contributed by atoms with van der Waals surface area (Å²) in [6.45, 7) is 6.14. The first-order chi connectivity index (χ1) is 12.6. The number of anilines is 1. The van der Waals surface area contributed by atoms with Crippen molar-refractivity contribution in [2.75, 3.05) is 19.4 Å². The minimum Gasteiger partial charge on any atom is -0.326 e. The quantitative estimate of drug-likeness (QED) is 0.781. The van der Waals surface area contributed by atoms with E-state index in [0.717, 1.165) is 15.4 Å². The van der Waals surface area contributed by atoms with Crippen LogP contribution in [0.15, 0.2) is 47.4 Å². The van der Waals surface area contributed by atoms with Gasteiger partial charge in [-0.05, 0) is 48.1 Å². The van der Waals surface area contributed by atoms with Crippen LogP contribution in [-0.2, 0) is 21.2 Å². The molecule has 0 aliphatic carbocycles. The van der Waals surface area contributed by atoms with Gasteiger partial charge in [-0.2, -0.15) is 0 Å². The van der Waals surface area contributed by atoms with E-state index in [0.29, 0.717) is 24.4 Å². The number of rotatable bonds is 7. The van der Waals surface area contributed by atoms with Gasteiger partial charge in [-0.3, -0.25) is 4.79 Å². The van der Waals surface area contributed by atoms with Crippen molar-refractivity contribution in [3.8, 4) is 0 Å². The standard InChI is InChI=1S/C21H28N2O3S/c1-15(2)18-10-7-17(8-11-18)9-13-21(24)22-20-14-19(12-6-16(20)3)27(25,26)23(4)5/h6-8,10-12,14-15H,9,13H2,1-5H3,(H,22,24). The maximum absolute atomic E-state index is 12.3. The van der Waals surface area contributed by atoms with Crippen molar-refractivity contribution in [2.24, 2.45) is 0 Å². The minimum atomic E-state index is -3.54. The molecule has 0 aromatic heterocycles. The molecule has 1 amide bonds. The van der Waals surface area contributed by atoms with Gasteiger partial charge in [0.25, 0.3) is 0 Å². The van der Waals surface area contributed by atoms with E-state index >= 15 is 0 Å². The molecule has 6 heteroatoms. The Labute approximate surface area is 162 Å². The lowest BCUT2D eigenvalue weighted by Gasteiger charge is -2.14. The molecule has 0 saturated heterocycles. The number of nitrogens with one attached hydrogen (secondary N) is 1. The Balaban J connectivity index is 2.05. The molecular weight excluding hydrogens is 360 g/mol. The van der Waals surface area contributed by atoms with Crippen molar-refractivity contribution in [2.45, 2.75) is 44.4 Å². The number of carbonyl (C=O) groups excluding carboxylic acids is 1. The van der Waals surface area contributed by atoms with E-state index in [4.69, 9.17) is 0 Å². The van der Waals surface area contributed by atoms with Crippen molar-refractivity contribution in [1.82, 2.24) is 4.31 Å². The molecule has 0 aliphatic heterocycles. The van der Waals surface area contributed by atoms with Crippen LogP contribution in [0.3, 0.4) is 0 Å². The van der Waals surface area contributed by atoms with Gasteiger partial charge in [0.05, 0.1) is 4.90 Å². The summed E-state index contributed by atoms with van der Waals surface area (Å²) in [4.78, 5) is 12.5. The third-order valence-corrected chi connectivity index (χ3v) is 6.36. The van der Waals surface area contributed by atoms with Crippen molar-refractivity contribution in [3.63, 3.8) is 0 Å². The molecule has 0 atom stereocenters. The number of nitrogens with zero attached hydrogens (tertiary/aromatic N) is 1. The molecule has 27 heavy (non-hydrogen) atoms. The van der Waals surface area contributed by atoms with Crippen molar-refractivity contribution in [3.05, 3.63) is 59.2 Å². The maximum Gasteiger partial charge on any atom is 0.242 e. The molecule has 5 nitrogen and oxygen atoms in total. The van der Waals surface area contributed by atoms with E-state index < -0.39 is 10.0 Å². The van der Waals surface area contributed by atoms with Gasteiger partial charge in [-0.15, -0.1) is 0 Å². The van der Waals surface area contributed by atoms with Gasteiger partial charge in [0, 0.05) is 26.2 Å². The van der Waals surface area contributed by atoms with Crippen LogP contribution in [-0.4, -0.2) is 32.7 Å². The Bertz CT molecular complexity index is 902. The molecule has 0 fully saturated rings. The first-order valence-electron chi connectivity index (χ1n) is 9.03. The lowest BCUT2D eigenvalue weighted by molar-refractivity contribution is -0.116.